The van der Waals surface area contributed by atoms with E-state index >= 15 is 0 Å². The lowest BCUT2D eigenvalue weighted by atomic mass is 10.1. The van der Waals surface area contributed by atoms with E-state index in [4.69, 9.17) is 5.73 Å². The lowest BCUT2D eigenvalue weighted by Crippen LogP contribution is -2.25. The maximum absolute atomic E-state index is 11.7. The molecule has 1 aromatic carbocycles. The zero-order valence-corrected chi connectivity index (χ0v) is 10.4. The summed E-state index contributed by atoms with van der Waals surface area (Å²) in [6.07, 6.45) is 0. The number of aryl methyl sites for hydroxylation is 1. The van der Waals surface area contributed by atoms with Crippen LogP contribution >= 0.6 is 0 Å². The average Bonchev–Trinajstić information content (AvgIpc) is 2.38. The number of nitrogen functional groups attached to an aromatic ring is 1. The number of hydrogen-bond donors (Lipinski definition) is 3. The Morgan fingerprint density at radius 1 is 1.26 bits per heavy atom. The van der Waals surface area contributed by atoms with Crippen LogP contribution < -0.4 is 16.6 Å². The van der Waals surface area contributed by atoms with Crippen LogP contribution in [0.4, 0.5) is 17.5 Å². The fraction of sp³-hybridized carbons (Fsp3) is 0.154. The molecule has 0 spiro atoms. The lowest BCUT2D eigenvalue weighted by Gasteiger charge is -2.16. The second kappa shape index (κ2) is 4.24. The molecule has 0 saturated carbocycles. The minimum Gasteiger partial charge on any atom is -0.372 e. The van der Waals surface area contributed by atoms with Gasteiger partial charge < -0.3 is 11.1 Å². The highest BCUT2D eigenvalue weighted by Crippen LogP contribution is 2.23. The van der Waals surface area contributed by atoms with E-state index in [0.717, 1.165) is 11.3 Å². The Morgan fingerprint density at radius 2 is 2.00 bits per heavy atom. The maximum atomic E-state index is 11.7. The van der Waals surface area contributed by atoms with Crippen LogP contribution in [-0.2, 0) is 0 Å². The average molecular weight is 255 g/mol. The van der Waals surface area contributed by atoms with Gasteiger partial charge in [0.1, 0.15) is 5.69 Å². The Kier molecular flexibility index (Phi) is 2.56. The highest BCUT2D eigenvalue weighted by atomic mass is 16.1. The number of nitrogens with two attached hydrogens (primary N) is 1. The van der Waals surface area contributed by atoms with Crippen LogP contribution in [0.5, 0.6) is 0 Å². The van der Waals surface area contributed by atoms with E-state index in [9.17, 15) is 4.79 Å². The number of aliphatic imine (C=N–C) groups is 1. The van der Waals surface area contributed by atoms with Crippen molar-refractivity contribution in [3.63, 3.8) is 0 Å². The van der Waals surface area contributed by atoms with Gasteiger partial charge in [0.2, 0.25) is 5.95 Å². The molecule has 6 heteroatoms. The summed E-state index contributed by atoms with van der Waals surface area (Å²) >= 11 is 0. The molecule has 0 atom stereocenters. The quantitative estimate of drug-likeness (QED) is 0.713. The SMILES string of the molecule is Cc1ccc(C2=Nc3nc(N)[nH]c(=O)c3NC2)cc1. The molecule has 0 saturated heterocycles. The number of H-pyrrole nitrogens is 1. The van der Waals surface area contributed by atoms with Crippen molar-refractivity contribution in [3.05, 3.63) is 45.7 Å². The monoisotopic (exact) mass is 255 g/mol. The molecule has 0 amide bonds. The summed E-state index contributed by atoms with van der Waals surface area (Å²) in [5, 5.41) is 3.03. The molecular formula is C13H13N5O. The van der Waals surface area contributed by atoms with Gasteiger partial charge in [-0.05, 0) is 12.5 Å². The molecule has 3 rings (SSSR count). The van der Waals surface area contributed by atoms with E-state index < -0.39 is 0 Å². The van der Waals surface area contributed by atoms with Crippen molar-refractivity contribution in [1.29, 1.82) is 0 Å². The number of nitrogens with zero attached hydrogens (tertiary/aromatic N) is 2. The normalized spacial score (nSPS) is 13.4. The molecule has 6 nitrogen and oxygen atoms in total. The van der Waals surface area contributed by atoms with Crippen molar-refractivity contribution in [2.24, 2.45) is 4.99 Å². The molecule has 0 bridgehead atoms. The fourth-order valence-electron chi connectivity index (χ4n) is 1.97. The highest BCUT2D eigenvalue weighted by molar-refractivity contribution is 6.06. The molecule has 1 aromatic heterocycles. The van der Waals surface area contributed by atoms with Gasteiger partial charge in [-0.15, -0.1) is 0 Å². The zero-order valence-electron chi connectivity index (χ0n) is 10.4. The summed E-state index contributed by atoms with van der Waals surface area (Å²) in [7, 11) is 0. The van der Waals surface area contributed by atoms with Gasteiger partial charge >= 0.3 is 0 Å². The van der Waals surface area contributed by atoms with Crippen LogP contribution in [0.1, 0.15) is 11.1 Å². The van der Waals surface area contributed by atoms with E-state index in [2.05, 4.69) is 20.3 Å². The first kappa shape index (κ1) is 11.5. The van der Waals surface area contributed by atoms with E-state index in [-0.39, 0.29) is 11.5 Å². The fourth-order valence-corrected chi connectivity index (χ4v) is 1.97. The molecule has 2 aromatic rings. The van der Waals surface area contributed by atoms with Crippen molar-refractivity contribution in [1.82, 2.24) is 9.97 Å². The third-order valence-electron chi connectivity index (χ3n) is 2.98. The standard InChI is InChI=1S/C13H13N5O/c1-7-2-4-8(5-3-7)9-6-15-10-11(16-9)17-13(14)18-12(10)19/h2-5,15H,6H2,1H3,(H3,14,17,18,19). The van der Waals surface area contributed by atoms with Crippen LogP contribution in [-0.4, -0.2) is 22.2 Å². The number of aromatic amines is 1. The number of fused-ring (bicyclic) bond motifs is 1. The summed E-state index contributed by atoms with van der Waals surface area (Å²) in [6, 6.07) is 8.04. The summed E-state index contributed by atoms with van der Waals surface area (Å²) in [4.78, 5) is 22.6. The van der Waals surface area contributed by atoms with Gasteiger partial charge in [-0.2, -0.15) is 4.98 Å². The largest absolute Gasteiger partial charge is 0.372 e. The molecule has 19 heavy (non-hydrogen) atoms. The van der Waals surface area contributed by atoms with Crippen molar-refractivity contribution in [2.75, 3.05) is 17.6 Å². The smallest absolute Gasteiger partial charge is 0.277 e. The molecule has 2 heterocycles. The second-order valence-corrected chi connectivity index (χ2v) is 4.43. The van der Waals surface area contributed by atoms with Gasteiger partial charge in [0, 0.05) is 0 Å². The number of rotatable bonds is 1. The Hall–Kier alpha value is -2.63. The van der Waals surface area contributed by atoms with Gasteiger partial charge in [-0.25, -0.2) is 4.99 Å². The molecule has 0 aliphatic carbocycles. The minimum absolute atomic E-state index is 0.0689. The summed E-state index contributed by atoms with van der Waals surface area (Å²) < 4.78 is 0. The van der Waals surface area contributed by atoms with Crippen molar-refractivity contribution < 1.29 is 0 Å². The van der Waals surface area contributed by atoms with Crippen LogP contribution in [0.15, 0.2) is 34.1 Å². The number of hydrogen-bond acceptors (Lipinski definition) is 5. The minimum atomic E-state index is -0.297. The number of benzene rings is 1. The molecule has 1 aliphatic heterocycles. The molecular weight excluding hydrogens is 242 g/mol. The van der Waals surface area contributed by atoms with Crippen LogP contribution in [0.25, 0.3) is 0 Å². The van der Waals surface area contributed by atoms with Crippen LogP contribution in [0.2, 0.25) is 0 Å². The first-order chi connectivity index (χ1) is 9.13. The number of nitrogens with one attached hydrogen (secondary N) is 2. The van der Waals surface area contributed by atoms with E-state index in [1.54, 1.807) is 0 Å². The van der Waals surface area contributed by atoms with Crippen LogP contribution in [0, 0.1) is 6.92 Å². The Labute approximate surface area is 109 Å². The van der Waals surface area contributed by atoms with Gasteiger partial charge in [0.05, 0.1) is 12.3 Å². The van der Waals surface area contributed by atoms with E-state index in [1.165, 1.54) is 5.56 Å². The summed E-state index contributed by atoms with van der Waals surface area (Å²) in [6.45, 7) is 2.52. The van der Waals surface area contributed by atoms with Gasteiger partial charge in [0.15, 0.2) is 5.82 Å². The molecule has 0 fully saturated rings. The second-order valence-electron chi connectivity index (χ2n) is 4.43. The van der Waals surface area contributed by atoms with Gasteiger partial charge in [-0.1, -0.05) is 29.8 Å². The number of aromatic nitrogens is 2. The Bertz CT molecular complexity index is 715. The predicted molar refractivity (Wildman–Crippen MR) is 75.1 cm³/mol. The van der Waals surface area contributed by atoms with Crippen molar-refractivity contribution >= 4 is 23.2 Å². The van der Waals surface area contributed by atoms with Crippen molar-refractivity contribution in [3.8, 4) is 0 Å². The first-order valence-electron chi connectivity index (χ1n) is 5.92. The maximum Gasteiger partial charge on any atom is 0.277 e. The van der Waals surface area contributed by atoms with Gasteiger partial charge in [0.25, 0.3) is 5.56 Å². The third kappa shape index (κ3) is 2.08. The highest BCUT2D eigenvalue weighted by Gasteiger charge is 2.17. The summed E-state index contributed by atoms with van der Waals surface area (Å²) in [5.74, 6) is 0.405. The third-order valence-corrected chi connectivity index (χ3v) is 2.98. The Balaban J connectivity index is 2.08. The lowest BCUT2D eigenvalue weighted by molar-refractivity contribution is 1.09. The van der Waals surface area contributed by atoms with Gasteiger partial charge in [-0.3, -0.25) is 9.78 Å². The first-order valence-corrected chi connectivity index (χ1v) is 5.92. The molecule has 0 radical (unpaired) electrons. The Morgan fingerprint density at radius 3 is 2.74 bits per heavy atom. The molecule has 96 valence electrons. The van der Waals surface area contributed by atoms with E-state index in [1.807, 2.05) is 31.2 Å². The summed E-state index contributed by atoms with van der Waals surface area (Å²) in [5.41, 5.74) is 8.62. The zero-order chi connectivity index (χ0) is 13.4. The number of anilines is 2. The molecule has 4 N–H and O–H groups in total. The van der Waals surface area contributed by atoms with Crippen LogP contribution in [0.3, 0.4) is 0 Å². The van der Waals surface area contributed by atoms with Crippen molar-refractivity contribution in [2.45, 2.75) is 6.92 Å². The van der Waals surface area contributed by atoms with E-state index in [0.29, 0.717) is 18.1 Å². The topological polar surface area (TPSA) is 96.2 Å². The predicted octanol–water partition coefficient (Wildman–Crippen LogP) is 1.21. The molecule has 0 unspecified atom stereocenters. The molecule has 1 aliphatic rings.